The van der Waals surface area contributed by atoms with Gasteiger partial charge in [0.1, 0.15) is 0 Å². The summed E-state index contributed by atoms with van der Waals surface area (Å²) in [5, 5.41) is 0.629. The molecule has 8 heavy (non-hydrogen) atoms. The summed E-state index contributed by atoms with van der Waals surface area (Å²) in [5.74, 6) is 0. The van der Waals surface area contributed by atoms with E-state index in [9.17, 15) is 0 Å². The summed E-state index contributed by atoms with van der Waals surface area (Å²) < 4.78 is 0.910. The summed E-state index contributed by atoms with van der Waals surface area (Å²) in [6, 6.07) is 0. The van der Waals surface area contributed by atoms with Crippen molar-refractivity contribution in [3.63, 3.8) is 0 Å². The molecule has 0 aliphatic heterocycles. The lowest BCUT2D eigenvalue weighted by atomic mass is 10.5. The second-order valence-corrected chi connectivity index (χ2v) is 3.00. The highest BCUT2D eigenvalue weighted by molar-refractivity contribution is 14.1. The Balaban J connectivity index is 3.94. The van der Waals surface area contributed by atoms with Crippen molar-refractivity contribution in [2.24, 2.45) is 0 Å². The molecule has 44 valence electrons. The minimum atomic E-state index is 0.629. The average Bonchev–Trinajstić information content (AvgIpc) is 1.65. The van der Waals surface area contributed by atoms with Crippen LogP contribution in [0.2, 0.25) is 0 Å². The third-order valence-corrected chi connectivity index (χ3v) is 1.06. The van der Waals surface area contributed by atoms with Gasteiger partial charge in [0.15, 0.2) is 0 Å². The first-order valence-corrected chi connectivity index (χ1v) is 3.46. The highest BCUT2D eigenvalue weighted by Gasteiger charge is 1.81. The van der Waals surface area contributed by atoms with Crippen molar-refractivity contribution in [3.05, 3.63) is 33.9 Å². The van der Waals surface area contributed by atoms with E-state index < -0.39 is 0 Å². The first-order chi connectivity index (χ1) is 3.66. The van der Waals surface area contributed by atoms with E-state index in [0.717, 1.165) is 3.58 Å². The number of halogens is 2. The van der Waals surface area contributed by atoms with Crippen LogP contribution in [0, 0.1) is 0 Å². The van der Waals surface area contributed by atoms with Crippen LogP contribution in [0.15, 0.2) is 33.9 Å². The predicted molar refractivity (Wildman–Crippen MR) is 47.3 cm³/mol. The lowest BCUT2D eigenvalue weighted by Gasteiger charge is -1.83. The highest BCUT2D eigenvalue weighted by Crippen LogP contribution is 2.10. The van der Waals surface area contributed by atoms with Crippen LogP contribution in [-0.2, 0) is 0 Å². The van der Waals surface area contributed by atoms with Gasteiger partial charge in [0.2, 0.25) is 0 Å². The predicted octanol–water partition coefficient (Wildman–Crippen LogP) is 3.24. The van der Waals surface area contributed by atoms with Gasteiger partial charge in [-0.05, 0) is 28.7 Å². The molecule has 0 aliphatic rings. The molecule has 0 unspecified atom stereocenters. The molecule has 0 aliphatic carbocycles. The number of rotatable bonds is 2. The van der Waals surface area contributed by atoms with Crippen LogP contribution >= 0.6 is 34.2 Å². The molecule has 0 atom stereocenters. The van der Waals surface area contributed by atoms with Gasteiger partial charge >= 0.3 is 0 Å². The Morgan fingerprint density at radius 1 is 1.62 bits per heavy atom. The summed E-state index contributed by atoms with van der Waals surface area (Å²) in [6.07, 6.45) is 3.32. The summed E-state index contributed by atoms with van der Waals surface area (Å²) in [7, 11) is 0. The molecular formula is C6H6ClI. The number of allylic oxidation sites excluding steroid dienone is 4. The van der Waals surface area contributed by atoms with Crippen LogP contribution < -0.4 is 0 Å². The van der Waals surface area contributed by atoms with Crippen molar-refractivity contribution in [1.82, 2.24) is 0 Å². The third kappa shape index (κ3) is 4.40. The zero-order valence-electron chi connectivity index (χ0n) is 4.32. The van der Waals surface area contributed by atoms with Crippen LogP contribution in [0.3, 0.4) is 0 Å². The molecule has 2 heteroatoms. The smallest absolute Gasteiger partial charge is 0.0410 e. The van der Waals surface area contributed by atoms with E-state index in [-0.39, 0.29) is 0 Å². The standard InChI is InChI=1S/C6H6ClI/c1-3-6(7)4-5(2)8/h3-4H,1-2H2/b6-4+. The molecule has 0 bridgehead atoms. The quantitative estimate of drug-likeness (QED) is 0.513. The van der Waals surface area contributed by atoms with E-state index in [2.05, 4.69) is 35.7 Å². The van der Waals surface area contributed by atoms with Crippen LogP contribution in [0.4, 0.5) is 0 Å². The summed E-state index contributed by atoms with van der Waals surface area (Å²) >= 11 is 7.62. The maximum absolute atomic E-state index is 5.54. The maximum Gasteiger partial charge on any atom is 0.0410 e. The van der Waals surface area contributed by atoms with Gasteiger partial charge in [0.05, 0.1) is 0 Å². The fourth-order valence-corrected chi connectivity index (χ4v) is 0.860. The molecule has 0 saturated carbocycles. The molecule has 0 heterocycles. The number of hydrogen-bond acceptors (Lipinski definition) is 0. The van der Waals surface area contributed by atoms with Crippen LogP contribution in [-0.4, -0.2) is 0 Å². The highest BCUT2D eigenvalue weighted by atomic mass is 127. The SMILES string of the molecule is C=C/C(Cl)=C\C(=C)I. The van der Waals surface area contributed by atoms with Gasteiger partial charge in [-0.25, -0.2) is 0 Å². The van der Waals surface area contributed by atoms with Crippen molar-refractivity contribution >= 4 is 34.2 Å². The lowest BCUT2D eigenvalue weighted by molar-refractivity contribution is 1.89. The topological polar surface area (TPSA) is 0 Å². The van der Waals surface area contributed by atoms with E-state index in [4.69, 9.17) is 11.6 Å². The zero-order chi connectivity index (χ0) is 6.57. The van der Waals surface area contributed by atoms with Gasteiger partial charge in [-0.3, -0.25) is 0 Å². The lowest BCUT2D eigenvalue weighted by Crippen LogP contribution is -1.59. The summed E-state index contributed by atoms with van der Waals surface area (Å²) in [6.45, 7) is 7.09. The summed E-state index contributed by atoms with van der Waals surface area (Å²) in [4.78, 5) is 0. The minimum Gasteiger partial charge on any atom is -0.0976 e. The molecule has 0 N–H and O–H groups in total. The van der Waals surface area contributed by atoms with Crippen molar-refractivity contribution in [2.45, 2.75) is 0 Å². The van der Waals surface area contributed by atoms with E-state index in [1.54, 1.807) is 12.2 Å². The normalized spacial score (nSPS) is 11.0. The van der Waals surface area contributed by atoms with Gasteiger partial charge in [0.25, 0.3) is 0 Å². The van der Waals surface area contributed by atoms with Gasteiger partial charge in [-0.1, -0.05) is 30.8 Å². The average molecular weight is 240 g/mol. The Kier molecular flexibility index (Phi) is 4.28. The van der Waals surface area contributed by atoms with E-state index in [1.807, 2.05) is 0 Å². The second-order valence-electron chi connectivity index (χ2n) is 1.18. The Hall–Kier alpha value is 0.240. The van der Waals surface area contributed by atoms with Crippen LogP contribution in [0.25, 0.3) is 0 Å². The van der Waals surface area contributed by atoms with Crippen molar-refractivity contribution < 1.29 is 0 Å². The molecule has 0 rings (SSSR count). The third-order valence-electron chi connectivity index (χ3n) is 0.490. The van der Waals surface area contributed by atoms with Crippen LogP contribution in [0.5, 0.6) is 0 Å². The number of hydrogen-bond donors (Lipinski definition) is 0. The Morgan fingerprint density at radius 3 is 2.25 bits per heavy atom. The van der Waals surface area contributed by atoms with Gasteiger partial charge in [-0.15, -0.1) is 0 Å². The van der Waals surface area contributed by atoms with Gasteiger partial charge < -0.3 is 0 Å². The maximum atomic E-state index is 5.54. The molecule has 0 spiro atoms. The molecule has 0 aromatic heterocycles. The van der Waals surface area contributed by atoms with E-state index in [0.29, 0.717) is 5.03 Å². The van der Waals surface area contributed by atoms with E-state index >= 15 is 0 Å². The molecule has 0 nitrogen and oxygen atoms in total. The Labute approximate surface area is 68.1 Å². The minimum absolute atomic E-state index is 0.629. The second kappa shape index (κ2) is 4.15. The molecule has 0 saturated heterocycles. The molecule has 0 aromatic rings. The van der Waals surface area contributed by atoms with Gasteiger partial charge in [-0.2, -0.15) is 0 Å². The summed E-state index contributed by atoms with van der Waals surface area (Å²) in [5.41, 5.74) is 0. The molecule has 0 amide bonds. The van der Waals surface area contributed by atoms with Crippen LogP contribution in [0.1, 0.15) is 0 Å². The molecular weight excluding hydrogens is 234 g/mol. The largest absolute Gasteiger partial charge is 0.0976 e. The Morgan fingerprint density at radius 2 is 2.12 bits per heavy atom. The van der Waals surface area contributed by atoms with Gasteiger partial charge in [0, 0.05) is 8.61 Å². The van der Waals surface area contributed by atoms with Crippen molar-refractivity contribution in [2.75, 3.05) is 0 Å². The van der Waals surface area contributed by atoms with Crippen molar-refractivity contribution in [3.8, 4) is 0 Å². The molecule has 0 radical (unpaired) electrons. The monoisotopic (exact) mass is 240 g/mol. The Bertz CT molecular complexity index is 135. The molecule has 0 aromatic carbocycles. The first-order valence-electron chi connectivity index (χ1n) is 2.01. The fourth-order valence-electron chi connectivity index (χ4n) is 0.209. The van der Waals surface area contributed by atoms with E-state index in [1.165, 1.54) is 0 Å². The fraction of sp³-hybridized carbons (Fsp3) is 0. The van der Waals surface area contributed by atoms with Crippen molar-refractivity contribution in [1.29, 1.82) is 0 Å². The zero-order valence-corrected chi connectivity index (χ0v) is 7.24. The molecule has 0 fully saturated rings. The first kappa shape index (κ1) is 8.24.